The lowest BCUT2D eigenvalue weighted by Crippen LogP contribution is -2.25. The van der Waals surface area contributed by atoms with Gasteiger partial charge >= 0.3 is 0 Å². The van der Waals surface area contributed by atoms with E-state index in [-0.39, 0.29) is 23.4 Å². The van der Waals surface area contributed by atoms with Crippen molar-refractivity contribution in [2.24, 2.45) is 0 Å². The Morgan fingerprint density at radius 2 is 1.71 bits per heavy atom. The zero-order valence-electron chi connectivity index (χ0n) is 19.0. The fraction of sp³-hybridized carbons (Fsp3) is 0.154. The molecule has 0 fully saturated rings. The number of ketones is 1. The highest BCUT2D eigenvalue weighted by Gasteiger charge is 2.19. The molecule has 8 heteroatoms. The average Bonchev–Trinajstić information content (AvgIpc) is 2.85. The zero-order chi connectivity index (χ0) is 24.2. The van der Waals surface area contributed by atoms with Gasteiger partial charge in [0.05, 0.1) is 25.2 Å². The van der Waals surface area contributed by atoms with E-state index >= 15 is 0 Å². The molecule has 0 spiro atoms. The van der Waals surface area contributed by atoms with Crippen LogP contribution in [0.15, 0.2) is 71.7 Å². The zero-order valence-corrected chi connectivity index (χ0v) is 19.0. The van der Waals surface area contributed by atoms with Crippen molar-refractivity contribution in [2.75, 3.05) is 19.5 Å². The summed E-state index contributed by atoms with van der Waals surface area (Å²) in [5.74, 6) is 0.235. The summed E-state index contributed by atoms with van der Waals surface area (Å²) in [6.07, 6.45) is 1.40. The fourth-order valence-electron chi connectivity index (χ4n) is 3.66. The van der Waals surface area contributed by atoms with Gasteiger partial charge in [0.2, 0.25) is 11.3 Å². The predicted molar refractivity (Wildman–Crippen MR) is 129 cm³/mol. The molecule has 0 saturated heterocycles. The number of benzene rings is 2. The quantitative estimate of drug-likeness (QED) is 0.426. The van der Waals surface area contributed by atoms with Gasteiger partial charge in [0.1, 0.15) is 12.2 Å². The highest BCUT2D eigenvalue weighted by atomic mass is 16.5. The standard InChI is InChI=1S/C26H23N3O5/c1-16-9-11-19-25(32)20(24(31)17-7-5-4-6-8-17)14-29(26(19)27-16)15-23(30)28-18-10-12-21(33-2)22(13-18)34-3/h4-14H,15H2,1-3H3,(H,28,30). The lowest BCUT2D eigenvalue weighted by Gasteiger charge is -2.14. The molecule has 2 heterocycles. The Morgan fingerprint density at radius 3 is 2.41 bits per heavy atom. The molecule has 4 rings (SSSR count). The molecule has 4 aromatic rings. The number of ether oxygens (including phenoxy) is 2. The summed E-state index contributed by atoms with van der Waals surface area (Å²) < 4.78 is 12.0. The van der Waals surface area contributed by atoms with E-state index in [9.17, 15) is 14.4 Å². The van der Waals surface area contributed by atoms with E-state index in [1.54, 1.807) is 67.6 Å². The molecule has 1 N–H and O–H groups in total. The maximum atomic E-state index is 13.1. The molecule has 8 nitrogen and oxygen atoms in total. The first-order valence-corrected chi connectivity index (χ1v) is 10.5. The third kappa shape index (κ3) is 4.52. The topological polar surface area (TPSA) is 99.5 Å². The van der Waals surface area contributed by atoms with Crippen LogP contribution in [0, 0.1) is 6.92 Å². The number of hydrogen-bond acceptors (Lipinski definition) is 6. The number of aromatic nitrogens is 2. The summed E-state index contributed by atoms with van der Waals surface area (Å²) >= 11 is 0. The number of fused-ring (bicyclic) bond motifs is 1. The van der Waals surface area contributed by atoms with Gasteiger partial charge in [-0.3, -0.25) is 14.4 Å². The van der Waals surface area contributed by atoms with Gasteiger partial charge in [0, 0.05) is 29.2 Å². The Balaban J connectivity index is 1.72. The molecule has 34 heavy (non-hydrogen) atoms. The molecule has 172 valence electrons. The number of amides is 1. The summed E-state index contributed by atoms with van der Waals surface area (Å²) in [6.45, 7) is 1.64. The number of pyridine rings is 2. The molecule has 0 bridgehead atoms. The smallest absolute Gasteiger partial charge is 0.244 e. The highest BCUT2D eigenvalue weighted by Crippen LogP contribution is 2.29. The van der Waals surface area contributed by atoms with Crippen LogP contribution < -0.4 is 20.2 Å². The summed E-state index contributed by atoms with van der Waals surface area (Å²) in [6, 6.07) is 16.9. The molecular weight excluding hydrogens is 434 g/mol. The molecule has 0 atom stereocenters. The average molecular weight is 457 g/mol. The number of anilines is 1. The van der Waals surface area contributed by atoms with E-state index in [1.165, 1.54) is 25.0 Å². The van der Waals surface area contributed by atoms with E-state index in [1.807, 2.05) is 0 Å². The molecule has 1 amide bonds. The lowest BCUT2D eigenvalue weighted by atomic mass is 10.0. The molecule has 0 unspecified atom stereocenters. The third-order valence-corrected chi connectivity index (χ3v) is 5.32. The molecule has 0 aliphatic carbocycles. The predicted octanol–water partition coefficient (Wildman–Crippen LogP) is 3.59. The van der Waals surface area contributed by atoms with Gasteiger partial charge in [-0.15, -0.1) is 0 Å². The Kier molecular flexibility index (Phi) is 6.40. The first-order valence-electron chi connectivity index (χ1n) is 10.5. The van der Waals surface area contributed by atoms with Crippen molar-refractivity contribution < 1.29 is 19.1 Å². The summed E-state index contributed by atoms with van der Waals surface area (Å²) in [5, 5.41) is 3.07. The van der Waals surface area contributed by atoms with Gasteiger partial charge < -0.3 is 19.4 Å². The van der Waals surface area contributed by atoms with Crippen LogP contribution in [0.3, 0.4) is 0 Å². The fourth-order valence-corrected chi connectivity index (χ4v) is 3.66. The maximum absolute atomic E-state index is 13.1. The van der Waals surface area contributed by atoms with Crippen molar-refractivity contribution >= 4 is 28.4 Å². The minimum Gasteiger partial charge on any atom is -0.493 e. The minimum atomic E-state index is -0.423. The van der Waals surface area contributed by atoms with Gasteiger partial charge in [0.15, 0.2) is 17.3 Å². The number of carbonyl (C=O) groups is 2. The Labute approximate surface area is 195 Å². The molecule has 0 radical (unpaired) electrons. The molecule has 0 saturated carbocycles. The van der Waals surface area contributed by atoms with Crippen LogP contribution >= 0.6 is 0 Å². The van der Waals surface area contributed by atoms with Crippen molar-refractivity contribution in [1.29, 1.82) is 0 Å². The highest BCUT2D eigenvalue weighted by molar-refractivity contribution is 6.10. The van der Waals surface area contributed by atoms with E-state index in [0.29, 0.717) is 34.1 Å². The number of rotatable bonds is 7. The van der Waals surface area contributed by atoms with Crippen LogP contribution in [0.1, 0.15) is 21.6 Å². The Hall–Kier alpha value is -4.46. The number of hydrogen-bond donors (Lipinski definition) is 1. The van der Waals surface area contributed by atoms with Gasteiger partial charge in [0.25, 0.3) is 0 Å². The third-order valence-electron chi connectivity index (χ3n) is 5.32. The van der Waals surface area contributed by atoms with Crippen LogP contribution in [-0.2, 0) is 11.3 Å². The van der Waals surface area contributed by atoms with Crippen LogP contribution in [0.25, 0.3) is 11.0 Å². The van der Waals surface area contributed by atoms with E-state index in [2.05, 4.69) is 10.3 Å². The monoisotopic (exact) mass is 457 g/mol. The van der Waals surface area contributed by atoms with Gasteiger partial charge in [-0.2, -0.15) is 0 Å². The summed E-state index contributed by atoms with van der Waals surface area (Å²) in [4.78, 5) is 43.6. The first-order chi connectivity index (χ1) is 16.4. The molecule has 0 aliphatic heterocycles. The van der Waals surface area contributed by atoms with Crippen LogP contribution in [0.4, 0.5) is 5.69 Å². The number of carbonyl (C=O) groups excluding carboxylic acids is 2. The SMILES string of the molecule is COc1ccc(NC(=O)Cn2cc(C(=O)c3ccccc3)c(=O)c3ccc(C)nc32)cc1OC. The van der Waals surface area contributed by atoms with Crippen molar-refractivity contribution in [2.45, 2.75) is 13.5 Å². The number of nitrogens with zero attached hydrogens (tertiary/aromatic N) is 2. The Morgan fingerprint density at radius 1 is 0.971 bits per heavy atom. The van der Waals surface area contributed by atoms with E-state index < -0.39 is 11.2 Å². The minimum absolute atomic E-state index is 0.0248. The van der Waals surface area contributed by atoms with E-state index in [4.69, 9.17) is 9.47 Å². The van der Waals surface area contributed by atoms with Crippen molar-refractivity contribution in [1.82, 2.24) is 9.55 Å². The van der Waals surface area contributed by atoms with Crippen molar-refractivity contribution in [3.8, 4) is 11.5 Å². The number of aryl methyl sites for hydroxylation is 1. The number of nitrogens with one attached hydrogen (secondary N) is 1. The van der Waals surface area contributed by atoms with Gasteiger partial charge in [-0.25, -0.2) is 4.98 Å². The maximum Gasteiger partial charge on any atom is 0.244 e. The number of methoxy groups -OCH3 is 2. The van der Waals surface area contributed by atoms with Gasteiger partial charge in [-0.1, -0.05) is 30.3 Å². The molecular formula is C26H23N3O5. The lowest BCUT2D eigenvalue weighted by molar-refractivity contribution is -0.116. The Bertz CT molecular complexity index is 1440. The first kappa shape index (κ1) is 22.7. The van der Waals surface area contributed by atoms with Crippen LogP contribution in [0.2, 0.25) is 0 Å². The largest absolute Gasteiger partial charge is 0.493 e. The van der Waals surface area contributed by atoms with Crippen molar-refractivity contribution in [3.05, 3.63) is 93.9 Å². The molecule has 0 aliphatic rings. The second-order valence-electron chi connectivity index (χ2n) is 7.64. The molecule has 2 aromatic heterocycles. The summed E-state index contributed by atoms with van der Waals surface area (Å²) in [5.41, 5.74) is 1.47. The van der Waals surface area contributed by atoms with Crippen molar-refractivity contribution in [3.63, 3.8) is 0 Å². The second-order valence-corrected chi connectivity index (χ2v) is 7.64. The van der Waals surface area contributed by atoms with E-state index in [0.717, 1.165) is 0 Å². The summed E-state index contributed by atoms with van der Waals surface area (Å²) in [7, 11) is 3.04. The van der Waals surface area contributed by atoms with Gasteiger partial charge in [-0.05, 0) is 31.2 Å². The van der Waals surface area contributed by atoms with Crippen LogP contribution in [0.5, 0.6) is 11.5 Å². The van der Waals surface area contributed by atoms with Crippen LogP contribution in [-0.4, -0.2) is 35.5 Å². The second kappa shape index (κ2) is 9.58. The normalized spacial score (nSPS) is 10.7. The molecule has 2 aromatic carbocycles.